The molecule has 0 aromatic heterocycles. The molecule has 3 nitrogen and oxygen atoms in total. The molecule has 0 aromatic rings. The molecule has 1 aliphatic carbocycles. The minimum Gasteiger partial charge on any atom is -0.320 e. The van der Waals surface area contributed by atoms with Crippen LogP contribution in [-0.4, -0.2) is 29.5 Å². The summed E-state index contributed by atoms with van der Waals surface area (Å²) in [5, 5.41) is 0. The average molecular weight is 243 g/mol. The number of fused-ring (bicyclic) bond motifs is 3. The van der Waals surface area contributed by atoms with Crippen LogP contribution in [0.1, 0.15) is 46.0 Å². The van der Waals surface area contributed by atoms with Crippen molar-refractivity contribution in [1.82, 2.24) is 4.67 Å². The second-order valence-electron chi connectivity index (χ2n) is 5.57. The average Bonchev–Trinajstić information content (AvgIpc) is 2.77. The van der Waals surface area contributed by atoms with Crippen LogP contribution in [0.5, 0.6) is 0 Å². The van der Waals surface area contributed by atoms with Gasteiger partial charge in [-0.3, -0.25) is 0 Å². The van der Waals surface area contributed by atoms with E-state index in [1.54, 1.807) is 0 Å². The fraction of sp³-hybridized carbons (Fsp3) is 1.00. The summed E-state index contributed by atoms with van der Waals surface area (Å²) in [6, 6.07) is 1.43. The maximum Gasteiger partial charge on any atom is 0.259 e. The zero-order valence-electron chi connectivity index (χ0n) is 10.3. The molecule has 0 N–H and O–H groups in total. The number of nitrogens with zero attached hydrogens (tertiary/aromatic N) is 1. The summed E-state index contributed by atoms with van der Waals surface area (Å²) in [5.74, 6) is 0.934. The van der Waals surface area contributed by atoms with E-state index in [0.29, 0.717) is 6.04 Å². The molecule has 3 rings (SSSR count). The molecule has 92 valence electrons. The first-order chi connectivity index (χ1) is 7.75. The van der Waals surface area contributed by atoms with E-state index in [9.17, 15) is 0 Å². The molecule has 0 bridgehead atoms. The van der Waals surface area contributed by atoms with Gasteiger partial charge in [-0.15, -0.1) is 0 Å². The minimum absolute atomic E-state index is 0.285. The maximum absolute atomic E-state index is 5.94. The van der Waals surface area contributed by atoms with E-state index >= 15 is 0 Å². The van der Waals surface area contributed by atoms with Crippen LogP contribution in [0.25, 0.3) is 0 Å². The maximum atomic E-state index is 5.94. The molecule has 3 aliphatic rings. The van der Waals surface area contributed by atoms with E-state index in [1.165, 1.54) is 32.1 Å². The van der Waals surface area contributed by atoms with Crippen LogP contribution in [-0.2, 0) is 9.05 Å². The molecular formula is C12H22NO2P. The molecule has 2 heterocycles. The van der Waals surface area contributed by atoms with Crippen molar-refractivity contribution in [2.75, 3.05) is 6.61 Å². The number of hydrogen-bond donors (Lipinski definition) is 0. The largest absolute Gasteiger partial charge is 0.320 e. The first kappa shape index (κ1) is 11.4. The molecule has 1 saturated carbocycles. The van der Waals surface area contributed by atoms with Crippen LogP contribution in [0.2, 0.25) is 0 Å². The van der Waals surface area contributed by atoms with Gasteiger partial charge in [-0.25, -0.2) is 4.67 Å². The molecule has 0 spiro atoms. The highest BCUT2D eigenvalue weighted by Gasteiger charge is 2.50. The van der Waals surface area contributed by atoms with Crippen LogP contribution >= 0.6 is 8.53 Å². The molecule has 2 unspecified atom stereocenters. The zero-order chi connectivity index (χ0) is 11.1. The number of rotatable bonds is 2. The molecule has 4 atom stereocenters. The Morgan fingerprint density at radius 1 is 1.31 bits per heavy atom. The lowest BCUT2D eigenvalue weighted by Gasteiger charge is -2.33. The lowest BCUT2D eigenvalue weighted by Crippen LogP contribution is -2.32. The van der Waals surface area contributed by atoms with Gasteiger partial charge >= 0.3 is 0 Å². The zero-order valence-corrected chi connectivity index (χ0v) is 11.2. The normalized spacial score (nSPS) is 43.7. The Bertz CT molecular complexity index is 261. The summed E-state index contributed by atoms with van der Waals surface area (Å²) >= 11 is 0. The Morgan fingerprint density at radius 2 is 2.12 bits per heavy atom. The van der Waals surface area contributed by atoms with E-state index in [0.717, 1.165) is 18.6 Å². The lowest BCUT2D eigenvalue weighted by atomic mass is 9.85. The summed E-state index contributed by atoms with van der Waals surface area (Å²) in [5.41, 5.74) is 0. The summed E-state index contributed by atoms with van der Waals surface area (Å²) in [6.07, 6.45) is 7.27. The van der Waals surface area contributed by atoms with Crippen molar-refractivity contribution in [3.8, 4) is 0 Å². The van der Waals surface area contributed by atoms with Crippen molar-refractivity contribution in [3.63, 3.8) is 0 Å². The summed E-state index contributed by atoms with van der Waals surface area (Å²) in [6.45, 7) is 5.12. The topological polar surface area (TPSA) is 21.7 Å². The second-order valence-corrected chi connectivity index (χ2v) is 6.98. The highest BCUT2D eigenvalue weighted by Crippen LogP contribution is 2.59. The summed E-state index contributed by atoms with van der Waals surface area (Å²) in [4.78, 5) is 0. The van der Waals surface area contributed by atoms with E-state index in [1.807, 2.05) is 0 Å². The molecule has 0 radical (unpaired) electrons. The summed E-state index contributed by atoms with van der Waals surface area (Å²) in [7, 11) is -0.735. The standard InChI is InChI=1S/C12H22NO2P/c1-9(2)15-16-13-11(8-14-16)7-10-5-3-4-6-12(10)13/h9-12H,3-8H2,1-2H3/t10?,11-,12?,16+/m0/s1. The Morgan fingerprint density at radius 3 is 2.94 bits per heavy atom. The third-order valence-electron chi connectivity index (χ3n) is 4.02. The van der Waals surface area contributed by atoms with E-state index in [4.69, 9.17) is 9.05 Å². The first-order valence-corrected chi connectivity index (χ1v) is 7.77. The van der Waals surface area contributed by atoms with Crippen molar-refractivity contribution < 1.29 is 9.05 Å². The van der Waals surface area contributed by atoms with Gasteiger partial charge in [0.15, 0.2) is 0 Å². The van der Waals surface area contributed by atoms with Crippen LogP contribution in [0.3, 0.4) is 0 Å². The van der Waals surface area contributed by atoms with E-state index < -0.39 is 8.53 Å². The van der Waals surface area contributed by atoms with Crippen LogP contribution in [0.4, 0.5) is 0 Å². The molecule has 3 fully saturated rings. The van der Waals surface area contributed by atoms with E-state index in [-0.39, 0.29) is 6.10 Å². The quantitative estimate of drug-likeness (QED) is 0.694. The van der Waals surface area contributed by atoms with Crippen LogP contribution < -0.4 is 0 Å². The third-order valence-corrected chi connectivity index (χ3v) is 6.00. The first-order valence-electron chi connectivity index (χ1n) is 6.64. The van der Waals surface area contributed by atoms with Crippen molar-refractivity contribution in [3.05, 3.63) is 0 Å². The molecule has 2 saturated heterocycles. The predicted molar refractivity (Wildman–Crippen MR) is 65.1 cm³/mol. The third kappa shape index (κ3) is 1.92. The van der Waals surface area contributed by atoms with Gasteiger partial charge in [-0.1, -0.05) is 12.8 Å². The lowest BCUT2D eigenvalue weighted by molar-refractivity contribution is 0.188. The van der Waals surface area contributed by atoms with Gasteiger partial charge in [-0.2, -0.15) is 0 Å². The fourth-order valence-electron chi connectivity index (χ4n) is 3.42. The van der Waals surface area contributed by atoms with Gasteiger partial charge in [0.05, 0.1) is 12.7 Å². The van der Waals surface area contributed by atoms with Gasteiger partial charge in [0.25, 0.3) is 8.53 Å². The van der Waals surface area contributed by atoms with Crippen molar-refractivity contribution in [1.29, 1.82) is 0 Å². The Hall–Kier alpha value is 0.310. The summed E-state index contributed by atoms with van der Waals surface area (Å²) < 4.78 is 14.4. The van der Waals surface area contributed by atoms with Crippen molar-refractivity contribution in [2.45, 2.75) is 64.1 Å². The van der Waals surface area contributed by atoms with Crippen molar-refractivity contribution >= 4 is 8.53 Å². The Balaban J connectivity index is 1.71. The minimum atomic E-state index is -0.735. The Labute approximate surface area is 99.5 Å². The highest BCUT2D eigenvalue weighted by atomic mass is 31.2. The number of hydrogen-bond acceptors (Lipinski definition) is 3. The smallest absolute Gasteiger partial charge is 0.259 e. The fourth-order valence-corrected chi connectivity index (χ4v) is 5.36. The van der Waals surface area contributed by atoms with Crippen LogP contribution in [0.15, 0.2) is 0 Å². The second kappa shape index (κ2) is 4.53. The van der Waals surface area contributed by atoms with Gasteiger partial charge in [0, 0.05) is 12.1 Å². The molecule has 16 heavy (non-hydrogen) atoms. The van der Waals surface area contributed by atoms with E-state index in [2.05, 4.69) is 18.5 Å². The molecule has 0 aromatic carbocycles. The highest BCUT2D eigenvalue weighted by molar-refractivity contribution is 7.45. The van der Waals surface area contributed by atoms with Crippen LogP contribution in [0, 0.1) is 5.92 Å². The predicted octanol–water partition coefficient (Wildman–Crippen LogP) is 3.30. The molecular weight excluding hydrogens is 221 g/mol. The van der Waals surface area contributed by atoms with Gasteiger partial charge < -0.3 is 9.05 Å². The van der Waals surface area contributed by atoms with Crippen molar-refractivity contribution in [2.24, 2.45) is 5.92 Å². The monoisotopic (exact) mass is 243 g/mol. The molecule has 2 aliphatic heterocycles. The van der Waals surface area contributed by atoms with Gasteiger partial charge in [-0.05, 0) is 39.0 Å². The molecule has 0 amide bonds. The van der Waals surface area contributed by atoms with Gasteiger partial charge in [0.1, 0.15) is 0 Å². The Kier molecular flexibility index (Phi) is 3.23. The van der Waals surface area contributed by atoms with Gasteiger partial charge in [0.2, 0.25) is 0 Å². The molecule has 4 heteroatoms. The SMILES string of the molecule is CC(C)O[P@@]1OC[C@@H]2CC3CCCCC3N21.